The maximum atomic E-state index is 13.5. The zero-order chi connectivity index (χ0) is 22.8. The van der Waals surface area contributed by atoms with Crippen LogP contribution in [0.25, 0.3) is 22.4 Å². The minimum Gasteiger partial charge on any atom is -0.352 e. The molecule has 4 aromatic rings. The third kappa shape index (κ3) is 4.62. The van der Waals surface area contributed by atoms with Gasteiger partial charge in [-0.3, -0.25) is 9.59 Å². The van der Waals surface area contributed by atoms with Crippen LogP contribution < -0.4 is 10.6 Å². The van der Waals surface area contributed by atoms with Gasteiger partial charge in [0.1, 0.15) is 6.04 Å². The Balaban J connectivity index is 1.49. The van der Waals surface area contributed by atoms with E-state index < -0.39 is 6.04 Å². The Kier molecular flexibility index (Phi) is 5.60. The lowest BCUT2D eigenvalue weighted by molar-refractivity contribution is -0.123. The van der Waals surface area contributed by atoms with Gasteiger partial charge in [-0.25, -0.2) is 4.98 Å². The molecule has 33 heavy (non-hydrogen) atoms. The molecule has 1 aliphatic carbocycles. The van der Waals surface area contributed by atoms with E-state index in [1.165, 1.54) is 0 Å². The fourth-order valence-electron chi connectivity index (χ4n) is 3.86. The van der Waals surface area contributed by atoms with Crippen LogP contribution in [0.15, 0.2) is 71.3 Å². The second-order valence-corrected chi connectivity index (χ2v) is 8.37. The highest BCUT2D eigenvalue weighted by Crippen LogP contribution is 2.27. The second kappa shape index (κ2) is 8.86. The Bertz CT molecular complexity index is 1300. The van der Waals surface area contributed by atoms with Crippen molar-refractivity contribution >= 4 is 22.9 Å². The SMILES string of the molecule is Cc1noc2nc(-c3ccccc3)cc(C(=O)NC(Cc3ccccc3)C(=O)NC3CC3)c12. The molecule has 2 amide bonds. The summed E-state index contributed by atoms with van der Waals surface area (Å²) in [4.78, 5) is 31.0. The van der Waals surface area contributed by atoms with Gasteiger partial charge in [0.2, 0.25) is 5.91 Å². The maximum absolute atomic E-state index is 13.5. The molecule has 7 nitrogen and oxygen atoms in total. The lowest BCUT2D eigenvalue weighted by Gasteiger charge is -2.19. The summed E-state index contributed by atoms with van der Waals surface area (Å²) in [6.45, 7) is 1.77. The van der Waals surface area contributed by atoms with Crippen molar-refractivity contribution in [2.45, 2.75) is 38.3 Å². The van der Waals surface area contributed by atoms with Crippen LogP contribution >= 0.6 is 0 Å². The van der Waals surface area contributed by atoms with Crippen molar-refractivity contribution in [2.24, 2.45) is 0 Å². The van der Waals surface area contributed by atoms with Crippen LogP contribution in [0.2, 0.25) is 0 Å². The molecule has 1 fully saturated rings. The van der Waals surface area contributed by atoms with E-state index in [0.29, 0.717) is 34.5 Å². The van der Waals surface area contributed by atoms with Crippen LogP contribution in [-0.2, 0) is 11.2 Å². The number of hydrogen-bond acceptors (Lipinski definition) is 5. The zero-order valence-corrected chi connectivity index (χ0v) is 18.2. The quantitative estimate of drug-likeness (QED) is 0.455. The molecule has 0 spiro atoms. The van der Waals surface area contributed by atoms with Crippen LogP contribution in [-0.4, -0.2) is 34.0 Å². The topological polar surface area (TPSA) is 97.1 Å². The minimum absolute atomic E-state index is 0.176. The third-order valence-corrected chi connectivity index (χ3v) is 5.76. The molecule has 0 radical (unpaired) electrons. The highest BCUT2D eigenvalue weighted by molar-refractivity contribution is 6.08. The van der Waals surface area contributed by atoms with Gasteiger partial charge in [-0.15, -0.1) is 0 Å². The smallest absolute Gasteiger partial charge is 0.259 e. The number of nitrogens with zero attached hydrogens (tertiary/aromatic N) is 2. The molecule has 1 aliphatic rings. The van der Waals surface area contributed by atoms with Crippen molar-refractivity contribution in [3.8, 4) is 11.3 Å². The normalized spacial score (nSPS) is 14.1. The van der Waals surface area contributed by atoms with Crippen molar-refractivity contribution in [1.82, 2.24) is 20.8 Å². The number of aromatic nitrogens is 2. The molecule has 2 N–H and O–H groups in total. The van der Waals surface area contributed by atoms with Gasteiger partial charge < -0.3 is 15.2 Å². The Labute approximate surface area is 191 Å². The lowest BCUT2D eigenvalue weighted by atomic mass is 10.0. The summed E-state index contributed by atoms with van der Waals surface area (Å²) >= 11 is 0. The fraction of sp³-hybridized carbons (Fsp3) is 0.231. The van der Waals surface area contributed by atoms with Crippen molar-refractivity contribution in [3.63, 3.8) is 0 Å². The van der Waals surface area contributed by atoms with Crippen molar-refractivity contribution < 1.29 is 14.1 Å². The van der Waals surface area contributed by atoms with Crippen molar-refractivity contribution in [1.29, 1.82) is 0 Å². The molecule has 1 atom stereocenters. The summed E-state index contributed by atoms with van der Waals surface area (Å²) in [5, 5.41) is 10.5. The first kappa shape index (κ1) is 20.9. The number of hydrogen-bond donors (Lipinski definition) is 2. The highest BCUT2D eigenvalue weighted by atomic mass is 16.5. The molecule has 1 saturated carbocycles. The predicted molar refractivity (Wildman–Crippen MR) is 125 cm³/mol. The van der Waals surface area contributed by atoms with Gasteiger partial charge in [-0.05, 0) is 31.4 Å². The summed E-state index contributed by atoms with van der Waals surface area (Å²) in [6, 6.07) is 20.5. The number of fused-ring (bicyclic) bond motifs is 1. The minimum atomic E-state index is -0.705. The Morgan fingerprint density at radius 2 is 1.76 bits per heavy atom. The first-order valence-electron chi connectivity index (χ1n) is 11.1. The molecule has 5 rings (SSSR count). The second-order valence-electron chi connectivity index (χ2n) is 8.37. The summed E-state index contributed by atoms with van der Waals surface area (Å²) < 4.78 is 5.39. The van der Waals surface area contributed by atoms with Crippen LogP contribution in [0, 0.1) is 6.92 Å². The van der Waals surface area contributed by atoms with Gasteiger partial charge in [-0.1, -0.05) is 65.8 Å². The number of carbonyl (C=O) groups excluding carboxylic acids is 2. The Morgan fingerprint density at radius 3 is 2.45 bits per heavy atom. The number of aryl methyl sites for hydroxylation is 1. The van der Waals surface area contributed by atoms with Gasteiger partial charge >= 0.3 is 0 Å². The number of pyridine rings is 1. The van der Waals surface area contributed by atoms with Crippen molar-refractivity contribution in [2.75, 3.05) is 0 Å². The zero-order valence-electron chi connectivity index (χ0n) is 18.2. The van der Waals surface area contributed by atoms with Gasteiger partial charge in [0.25, 0.3) is 11.6 Å². The van der Waals surface area contributed by atoms with Crippen molar-refractivity contribution in [3.05, 3.63) is 83.6 Å². The van der Waals surface area contributed by atoms with E-state index in [-0.39, 0.29) is 17.9 Å². The first-order chi connectivity index (χ1) is 16.1. The number of rotatable bonds is 7. The highest BCUT2D eigenvalue weighted by Gasteiger charge is 2.30. The van der Waals surface area contributed by atoms with Gasteiger partial charge in [0.15, 0.2) is 0 Å². The maximum Gasteiger partial charge on any atom is 0.259 e. The van der Waals surface area contributed by atoms with E-state index in [0.717, 1.165) is 24.0 Å². The first-order valence-corrected chi connectivity index (χ1v) is 11.1. The van der Waals surface area contributed by atoms with Crippen LogP contribution in [0.1, 0.15) is 34.5 Å². The predicted octanol–water partition coefficient (Wildman–Crippen LogP) is 3.82. The molecule has 1 unspecified atom stereocenters. The van der Waals surface area contributed by atoms with E-state index in [1.807, 2.05) is 60.7 Å². The summed E-state index contributed by atoms with van der Waals surface area (Å²) in [6.07, 6.45) is 2.35. The molecule has 7 heteroatoms. The molecule has 2 heterocycles. The van der Waals surface area contributed by atoms with Crippen LogP contribution in [0.5, 0.6) is 0 Å². The van der Waals surface area contributed by atoms with Gasteiger partial charge in [0.05, 0.1) is 22.3 Å². The monoisotopic (exact) mass is 440 g/mol. The molecular weight excluding hydrogens is 416 g/mol. The molecular formula is C26H24N4O3. The fourth-order valence-corrected chi connectivity index (χ4v) is 3.86. The molecule has 0 bridgehead atoms. The lowest BCUT2D eigenvalue weighted by Crippen LogP contribution is -2.48. The number of carbonyl (C=O) groups is 2. The number of nitrogens with one attached hydrogen (secondary N) is 2. The average molecular weight is 441 g/mol. The molecule has 2 aromatic carbocycles. The molecule has 2 aromatic heterocycles. The average Bonchev–Trinajstić information content (AvgIpc) is 3.58. The largest absolute Gasteiger partial charge is 0.352 e. The Morgan fingerprint density at radius 1 is 1.06 bits per heavy atom. The van der Waals surface area contributed by atoms with E-state index >= 15 is 0 Å². The summed E-state index contributed by atoms with van der Waals surface area (Å²) in [7, 11) is 0. The Hall–Kier alpha value is -4.00. The number of benzene rings is 2. The van der Waals surface area contributed by atoms with E-state index in [1.54, 1.807) is 13.0 Å². The van der Waals surface area contributed by atoms with E-state index in [9.17, 15) is 9.59 Å². The molecule has 166 valence electrons. The molecule has 0 saturated heterocycles. The number of amides is 2. The third-order valence-electron chi connectivity index (χ3n) is 5.76. The summed E-state index contributed by atoms with van der Waals surface area (Å²) in [5.74, 6) is -0.539. The van der Waals surface area contributed by atoms with Crippen LogP contribution in [0.4, 0.5) is 0 Å². The van der Waals surface area contributed by atoms with Gasteiger partial charge in [0, 0.05) is 18.0 Å². The standard InChI is InChI=1S/C26H24N4O3/c1-16-23-20(15-21(29-26(23)33-30-16)18-10-6-3-7-11-18)24(31)28-22(25(32)27-19-12-13-19)14-17-8-4-2-5-9-17/h2-11,15,19,22H,12-14H2,1H3,(H,27,32)(H,28,31). The van der Waals surface area contributed by atoms with Gasteiger partial charge in [-0.2, -0.15) is 0 Å². The molecule has 0 aliphatic heterocycles. The summed E-state index contributed by atoms with van der Waals surface area (Å²) in [5.41, 5.74) is 3.68. The van der Waals surface area contributed by atoms with E-state index in [2.05, 4.69) is 20.8 Å². The van der Waals surface area contributed by atoms with E-state index in [4.69, 9.17) is 4.52 Å². The van der Waals surface area contributed by atoms with Crippen LogP contribution in [0.3, 0.4) is 0 Å².